The van der Waals surface area contributed by atoms with Gasteiger partial charge in [0, 0.05) is 55.1 Å². The fraction of sp³-hybridized carbons (Fsp3) is 0.292. The monoisotopic (exact) mass is 434 g/mol. The van der Waals surface area contributed by atoms with E-state index in [1.807, 2.05) is 24.3 Å². The van der Waals surface area contributed by atoms with Crippen molar-refractivity contribution in [1.82, 2.24) is 19.8 Å². The van der Waals surface area contributed by atoms with Crippen LogP contribution in [0.4, 0.5) is 4.79 Å². The summed E-state index contributed by atoms with van der Waals surface area (Å²) in [6.45, 7) is 5.01. The molecule has 4 amide bonds. The Morgan fingerprint density at radius 1 is 1.12 bits per heavy atom. The van der Waals surface area contributed by atoms with Gasteiger partial charge in [-0.3, -0.25) is 19.7 Å². The van der Waals surface area contributed by atoms with Crippen LogP contribution in [-0.4, -0.2) is 51.0 Å². The number of fused-ring (bicyclic) bond motifs is 3. The number of benzene rings is 2. The predicted molar refractivity (Wildman–Crippen MR) is 119 cm³/mol. The number of amides is 4. The fourth-order valence-corrected chi connectivity index (χ4v) is 4.45. The lowest BCUT2D eigenvalue weighted by Gasteiger charge is -2.34. The van der Waals surface area contributed by atoms with E-state index in [0.717, 1.165) is 21.7 Å². The van der Waals surface area contributed by atoms with Crippen molar-refractivity contribution in [1.29, 1.82) is 0 Å². The topological polar surface area (TPSA) is 94.9 Å². The molecule has 0 radical (unpaired) electrons. The highest BCUT2D eigenvalue weighted by molar-refractivity contribution is 5.94. The molecule has 0 bridgehead atoms. The maximum Gasteiger partial charge on any atom is 0.326 e. The Balaban J connectivity index is 1.74. The van der Waals surface area contributed by atoms with Crippen molar-refractivity contribution in [3.05, 3.63) is 70.9 Å². The quantitative estimate of drug-likeness (QED) is 0.488. The minimum atomic E-state index is -0.557. The summed E-state index contributed by atoms with van der Waals surface area (Å²) in [7, 11) is 1.50. The van der Waals surface area contributed by atoms with Gasteiger partial charge in [-0.25, -0.2) is 10.3 Å². The number of hydrogen-bond donors (Lipinski definition) is 2. The van der Waals surface area contributed by atoms with Gasteiger partial charge in [0.1, 0.15) is 0 Å². The molecule has 0 spiro atoms. The molecule has 8 heteroatoms. The zero-order chi connectivity index (χ0) is 23.0. The number of carbonyl (C=O) groups excluding carboxylic acids is 3. The van der Waals surface area contributed by atoms with E-state index in [9.17, 15) is 14.4 Å². The van der Waals surface area contributed by atoms with Gasteiger partial charge in [0.05, 0.1) is 6.54 Å². The number of urea groups is 1. The molecule has 2 N–H and O–H groups in total. The van der Waals surface area contributed by atoms with Gasteiger partial charge in [0.25, 0.3) is 5.91 Å². The molecule has 1 atom stereocenters. The standard InChI is InChI=1S/C24H26N4O4/c1-15-12-27(24(31)26(3)16(2)29)14-21-22(15)19-6-4-5-7-20(19)28(21)13-17-8-10-18(11-9-17)23(30)25-32/h4-11,15,32H,12-14H2,1-3H3,(H,25,30). The van der Waals surface area contributed by atoms with Gasteiger partial charge < -0.3 is 9.47 Å². The molecule has 8 nitrogen and oxygen atoms in total. The normalized spacial score (nSPS) is 15.4. The van der Waals surface area contributed by atoms with Crippen LogP contribution in [0.3, 0.4) is 0 Å². The summed E-state index contributed by atoms with van der Waals surface area (Å²) in [6.07, 6.45) is 0. The molecule has 0 saturated heterocycles. The molecule has 0 fully saturated rings. The SMILES string of the molecule is CC(=O)N(C)C(=O)N1Cc2c(c3ccccc3n2Cc2ccc(C(=O)NO)cc2)C(C)C1. The summed E-state index contributed by atoms with van der Waals surface area (Å²) >= 11 is 0. The second-order valence-corrected chi connectivity index (χ2v) is 8.24. The van der Waals surface area contributed by atoms with Crippen LogP contribution in [0.1, 0.15) is 46.9 Å². The minimum absolute atomic E-state index is 0.116. The Morgan fingerprint density at radius 3 is 2.47 bits per heavy atom. The van der Waals surface area contributed by atoms with Crippen LogP contribution in [-0.2, 0) is 17.9 Å². The first kappa shape index (κ1) is 21.6. The third kappa shape index (κ3) is 3.73. The smallest absolute Gasteiger partial charge is 0.326 e. The molecule has 4 rings (SSSR count). The van der Waals surface area contributed by atoms with Crippen molar-refractivity contribution >= 4 is 28.7 Å². The molecular formula is C24H26N4O4. The molecule has 166 valence electrons. The van der Waals surface area contributed by atoms with E-state index in [1.54, 1.807) is 22.5 Å². The van der Waals surface area contributed by atoms with Crippen molar-refractivity contribution in [3.8, 4) is 0 Å². The first-order valence-electron chi connectivity index (χ1n) is 10.5. The van der Waals surface area contributed by atoms with Crippen molar-refractivity contribution in [2.45, 2.75) is 32.9 Å². The number of hydroxylamine groups is 1. The van der Waals surface area contributed by atoms with Gasteiger partial charge >= 0.3 is 6.03 Å². The van der Waals surface area contributed by atoms with E-state index in [0.29, 0.717) is 25.2 Å². The van der Waals surface area contributed by atoms with Gasteiger partial charge in [-0.05, 0) is 29.3 Å². The highest BCUT2D eigenvalue weighted by atomic mass is 16.5. The Kier molecular flexibility index (Phi) is 5.71. The number of aromatic nitrogens is 1. The van der Waals surface area contributed by atoms with Gasteiger partial charge in [-0.1, -0.05) is 37.3 Å². The van der Waals surface area contributed by atoms with E-state index < -0.39 is 5.91 Å². The zero-order valence-electron chi connectivity index (χ0n) is 18.3. The van der Waals surface area contributed by atoms with Crippen LogP contribution in [0.2, 0.25) is 0 Å². The number of carbonyl (C=O) groups is 3. The van der Waals surface area contributed by atoms with E-state index >= 15 is 0 Å². The van der Waals surface area contributed by atoms with Gasteiger partial charge in [0.15, 0.2) is 0 Å². The summed E-state index contributed by atoms with van der Waals surface area (Å²) in [5, 5.41) is 9.99. The molecule has 32 heavy (non-hydrogen) atoms. The summed E-state index contributed by atoms with van der Waals surface area (Å²) < 4.78 is 2.20. The Morgan fingerprint density at radius 2 is 1.81 bits per heavy atom. The summed E-state index contributed by atoms with van der Waals surface area (Å²) in [4.78, 5) is 39.1. The number of rotatable bonds is 3. The molecule has 1 aliphatic heterocycles. The fourth-order valence-electron chi connectivity index (χ4n) is 4.45. The Hall–Kier alpha value is -3.65. The lowest BCUT2D eigenvalue weighted by molar-refractivity contribution is -0.125. The van der Waals surface area contributed by atoms with Crippen molar-refractivity contribution in [2.75, 3.05) is 13.6 Å². The highest BCUT2D eigenvalue weighted by Crippen LogP contribution is 2.37. The number of para-hydroxylation sites is 1. The van der Waals surface area contributed by atoms with Crippen LogP contribution >= 0.6 is 0 Å². The predicted octanol–water partition coefficient (Wildman–Crippen LogP) is 3.33. The zero-order valence-corrected chi connectivity index (χ0v) is 18.3. The Labute approximate surface area is 186 Å². The van der Waals surface area contributed by atoms with Crippen LogP contribution in [0, 0.1) is 0 Å². The summed E-state index contributed by atoms with van der Waals surface area (Å²) in [6, 6.07) is 14.9. The lowest BCUT2D eigenvalue weighted by atomic mass is 9.93. The third-order valence-electron chi connectivity index (χ3n) is 6.14. The molecule has 0 aliphatic carbocycles. The first-order valence-corrected chi connectivity index (χ1v) is 10.5. The largest absolute Gasteiger partial charge is 0.338 e. The van der Waals surface area contributed by atoms with Gasteiger partial charge in [-0.2, -0.15) is 0 Å². The average Bonchev–Trinajstić information content (AvgIpc) is 3.12. The van der Waals surface area contributed by atoms with E-state index in [-0.39, 0.29) is 17.9 Å². The Bertz CT molecular complexity index is 1200. The molecule has 0 saturated carbocycles. The van der Waals surface area contributed by atoms with Crippen LogP contribution in [0.5, 0.6) is 0 Å². The maximum absolute atomic E-state index is 12.9. The molecule has 1 aromatic heterocycles. The summed E-state index contributed by atoms with van der Waals surface area (Å²) in [5.41, 5.74) is 6.35. The van der Waals surface area contributed by atoms with Gasteiger partial charge in [0.2, 0.25) is 5.91 Å². The molecule has 2 aromatic carbocycles. The van der Waals surface area contributed by atoms with Crippen molar-refractivity contribution < 1.29 is 19.6 Å². The number of nitrogens with zero attached hydrogens (tertiary/aromatic N) is 3. The number of nitrogens with one attached hydrogen (secondary N) is 1. The minimum Gasteiger partial charge on any atom is -0.338 e. The van der Waals surface area contributed by atoms with Crippen LogP contribution < -0.4 is 5.48 Å². The number of imide groups is 1. The molecular weight excluding hydrogens is 408 g/mol. The summed E-state index contributed by atoms with van der Waals surface area (Å²) in [5.74, 6) is -0.733. The molecule has 1 aliphatic rings. The van der Waals surface area contributed by atoms with Crippen LogP contribution in [0.25, 0.3) is 10.9 Å². The van der Waals surface area contributed by atoms with Gasteiger partial charge in [-0.15, -0.1) is 0 Å². The van der Waals surface area contributed by atoms with Crippen LogP contribution in [0.15, 0.2) is 48.5 Å². The molecule has 1 unspecified atom stereocenters. The van der Waals surface area contributed by atoms with E-state index in [1.165, 1.54) is 24.9 Å². The van der Waals surface area contributed by atoms with Crippen molar-refractivity contribution in [3.63, 3.8) is 0 Å². The third-order valence-corrected chi connectivity index (χ3v) is 6.14. The highest BCUT2D eigenvalue weighted by Gasteiger charge is 2.32. The average molecular weight is 434 g/mol. The second-order valence-electron chi connectivity index (χ2n) is 8.24. The van der Waals surface area contributed by atoms with E-state index in [4.69, 9.17) is 5.21 Å². The lowest BCUT2D eigenvalue weighted by Crippen LogP contribution is -2.46. The number of hydrogen-bond acceptors (Lipinski definition) is 4. The first-order chi connectivity index (χ1) is 15.3. The molecule has 2 heterocycles. The van der Waals surface area contributed by atoms with Crippen molar-refractivity contribution in [2.24, 2.45) is 0 Å². The maximum atomic E-state index is 12.9. The molecule has 3 aromatic rings. The second kappa shape index (κ2) is 8.47. The van der Waals surface area contributed by atoms with E-state index in [2.05, 4.69) is 23.6 Å².